The van der Waals surface area contributed by atoms with Gasteiger partial charge in [0.1, 0.15) is 5.82 Å². The summed E-state index contributed by atoms with van der Waals surface area (Å²) in [7, 11) is 0. The van der Waals surface area contributed by atoms with Crippen molar-refractivity contribution in [3.05, 3.63) is 33.1 Å². The number of nitrogens with zero attached hydrogens (tertiary/aromatic N) is 1. The molecule has 1 aromatic rings. The molecule has 0 heterocycles. The van der Waals surface area contributed by atoms with Crippen LogP contribution in [0.15, 0.2) is 23.4 Å². The van der Waals surface area contributed by atoms with Crippen LogP contribution >= 0.6 is 22.6 Å². The van der Waals surface area contributed by atoms with Gasteiger partial charge in [-0.05, 0) is 40.8 Å². The molecule has 58 valence electrons. The van der Waals surface area contributed by atoms with E-state index in [1.165, 1.54) is 6.07 Å². The van der Waals surface area contributed by atoms with E-state index in [9.17, 15) is 4.39 Å². The van der Waals surface area contributed by atoms with E-state index in [0.29, 0.717) is 5.56 Å². The van der Waals surface area contributed by atoms with Gasteiger partial charge in [-0.2, -0.15) is 0 Å². The fourth-order valence-corrected chi connectivity index (χ4v) is 1.19. The minimum absolute atomic E-state index is 0.291. The van der Waals surface area contributed by atoms with Gasteiger partial charge < -0.3 is 5.21 Å². The minimum atomic E-state index is -0.386. The summed E-state index contributed by atoms with van der Waals surface area (Å²) in [5.74, 6) is -0.386. The third kappa shape index (κ3) is 2.14. The molecule has 0 unspecified atom stereocenters. The van der Waals surface area contributed by atoms with Crippen molar-refractivity contribution in [2.45, 2.75) is 0 Å². The lowest BCUT2D eigenvalue weighted by Crippen LogP contribution is -1.88. The van der Waals surface area contributed by atoms with Crippen molar-refractivity contribution in [1.29, 1.82) is 0 Å². The molecular weight excluding hydrogens is 260 g/mol. The monoisotopic (exact) mass is 265 g/mol. The summed E-state index contributed by atoms with van der Waals surface area (Å²) < 4.78 is 13.7. The molecule has 0 aromatic heterocycles. The lowest BCUT2D eigenvalue weighted by atomic mass is 10.2. The topological polar surface area (TPSA) is 32.6 Å². The fraction of sp³-hybridized carbons (Fsp3) is 0. The molecule has 2 nitrogen and oxygen atoms in total. The molecule has 0 atom stereocenters. The van der Waals surface area contributed by atoms with E-state index >= 15 is 0 Å². The molecule has 0 radical (unpaired) electrons. The minimum Gasteiger partial charge on any atom is -0.411 e. The molecule has 4 heteroatoms. The maximum absolute atomic E-state index is 12.8. The van der Waals surface area contributed by atoms with Crippen LogP contribution in [-0.2, 0) is 0 Å². The molecule has 0 fully saturated rings. The summed E-state index contributed by atoms with van der Waals surface area (Å²) in [6.07, 6.45) is 1.07. The van der Waals surface area contributed by atoms with Crippen molar-refractivity contribution in [3.8, 4) is 0 Å². The van der Waals surface area contributed by atoms with Gasteiger partial charge in [0.2, 0.25) is 0 Å². The third-order valence-electron chi connectivity index (χ3n) is 1.15. The second kappa shape index (κ2) is 3.66. The Kier molecular flexibility index (Phi) is 2.81. The molecular formula is C7H5FINO. The van der Waals surface area contributed by atoms with E-state index in [0.717, 1.165) is 9.78 Å². The van der Waals surface area contributed by atoms with Gasteiger partial charge in [-0.3, -0.25) is 0 Å². The van der Waals surface area contributed by atoms with Gasteiger partial charge >= 0.3 is 0 Å². The Morgan fingerprint density at radius 1 is 1.55 bits per heavy atom. The number of halogens is 2. The van der Waals surface area contributed by atoms with Gasteiger partial charge in [-0.25, -0.2) is 4.39 Å². The predicted octanol–water partition coefficient (Wildman–Crippen LogP) is 2.24. The average Bonchev–Trinajstić information content (AvgIpc) is 1.98. The first-order chi connectivity index (χ1) is 5.24. The molecule has 0 aliphatic heterocycles. The van der Waals surface area contributed by atoms with Gasteiger partial charge in [0.25, 0.3) is 0 Å². The molecule has 0 aliphatic carbocycles. The van der Waals surface area contributed by atoms with Gasteiger partial charge in [0.05, 0.1) is 6.21 Å². The van der Waals surface area contributed by atoms with Crippen LogP contribution in [0.25, 0.3) is 0 Å². The number of rotatable bonds is 1. The summed E-state index contributed by atoms with van der Waals surface area (Å²) >= 11 is 2.05. The van der Waals surface area contributed by atoms with Crippen molar-refractivity contribution >= 4 is 28.8 Å². The molecule has 1 N–H and O–H groups in total. The second-order valence-electron chi connectivity index (χ2n) is 1.91. The zero-order chi connectivity index (χ0) is 8.27. The highest BCUT2D eigenvalue weighted by atomic mass is 127. The highest BCUT2D eigenvalue weighted by Gasteiger charge is 1.98. The van der Waals surface area contributed by atoms with Gasteiger partial charge in [0.15, 0.2) is 0 Å². The Balaban J connectivity index is 3.12. The zero-order valence-corrected chi connectivity index (χ0v) is 7.62. The van der Waals surface area contributed by atoms with Crippen molar-refractivity contribution in [3.63, 3.8) is 0 Å². The molecule has 11 heavy (non-hydrogen) atoms. The second-order valence-corrected chi connectivity index (χ2v) is 3.16. The molecule has 0 spiro atoms. The predicted molar refractivity (Wildman–Crippen MR) is 48.5 cm³/mol. The summed E-state index contributed by atoms with van der Waals surface area (Å²) in [5.41, 5.74) is 0.291. The van der Waals surface area contributed by atoms with Gasteiger partial charge in [-0.1, -0.05) is 5.16 Å². The zero-order valence-electron chi connectivity index (χ0n) is 5.46. The Hall–Kier alpha value is -0.650. The fourth-order valence-electron chi connectivity index (χ4n) is 0.676. The molecule has 0 saturated heterocycles. The Morgan fingerprint density at radius 3 is 2.91 bits per heavy atom. The van der Waals surface area contributed by atoms with Crippen LogP contribution in [0.2, 0.25) is 0 Å². The summed E-state index contributed by atoms with van der Waals surface area (Å²) in [4.78, 5) is 0. The molecule has 1 aromatic carbocycles. The first-order valence-electron chi connectivity index (χ1n) is 2.86. The van der Waals surface area contributed by atoms with Crippen LogP contribution in [0.4, 0.5) is 4.39 Å². The molecule has 0 aliphatic rings. The van der Waals surface area contributed by atoms with E-state index in [1.807, 2.05) is 0 Å². The van der Waals surface area contributed by atoms with Crippen LogP contribution < -0.4 is 0 Å². The number of oxime groups is 1. The maximum atomic E-state index is 12.8. The number of hydrogen-bond acceptors (Lipinski definition) is 2. The lowest BCUT2D eigenvalue weighted by Gasteiger charge is -1.94. The largest absolute Gasteiger partial charge is 0.411 e. The summed E-state index contributed by atoms with van der Waals surface area (Å²) in [6, 6.07) is 4.57. The number of benzene rings is 1. The quantitative estimate of drug-likeness (QED) is 0.359. The van der Waals surface area contributed by atoms with E-state index in [1.54, 1.807) is 12.1 Å². The molecule has 0 amide bonds. The van der Waals surface area contributed by atoms with Crippen molar-refractivity contribution in [2.75, 3.05) is 0 Å². The van der Waals surface area contributed by atoms with Crippen molar-refractivity contribution in [2.24, 2.45) is 5.16 Å². The first kappa shape index (κ1) is 8.45. The third-order valence-corrected chi connectivity index (χ3v) is 1.83. The van der Waals surface area contributed by atoms with Crippen molar-refractivity contribution < 1.29 is 9.60 Å². The van der Waals surface area contributed by atoms with E-state index in [2.05, 4.69) is 27.7 Å². The summed E-state index contributed by atoms with van der Waals surface area (Å²) in [5, 5.41) is 10.9. The van der Waals surface area contributed by atoms with Gasteiger partial charge in [-0.15, -0.1) is 0 Å². The van der Waals surface area contributed by atoms with Crippen molar-refractivity contribution in [1.82, 2.24) is 0 Å². The van der Waals surface area contributed by atoms with Gasteiger partial charge in [0, 0.05) is 9.13 Å². The van der Waals surface area contributed by atoms with Crippen LogP contribution in [0, 0.1) is 9.39 Å². The van der Waals surface area contributed by atoms with E-state index in [4.69, 9.17) is 5.21 Å². The Bertz CT molecular complexity index is 288. The van der Waals surface area contributed by atoms with Crippen LogP contribution in [0.5, 0.6) is 0 Å². The highest BCUT2D eigenvalue weighted by Crippen LogP contribution is 2.10. The SMILES string of the molecule is O/N=C\c1cc(I)ccc1F. The molecule has 1 rings (SSSR count). The molecule has 0 bridgehead atoms. The smallest absolute Gasteiger partial charge is 0.132 e. The lowest BCUT2D eigenvalue weighted by molar-refractivity contribution is 0.321. The van der Waals surface area contributed by atoms with E-state index < -0.39 is 0 Å². The van der Waals surface area contributed by atoms with E-state index in [-0.39, 0.29) is 5.82 Å². The maximum Gasteiger partial charge on any atom is 0.132 e. The highest BCUT2D eigenvalue weighted by molar-refractivity contribution is 14.1. The standard InChI is InChI=1S/C7H5FINO/c8-7-2-1-6(9)3-5(7)4-10-11/h1-4,11H/b10-4-. The van der Waals surface area contributed by atoms with Crippen LogP contribution in [0.1, 0.15) is 5.56 Å². The summed E-state index contributed by atoms with van der Waals surface area (Å²) in [6.45, 7) is 0. The number of hydrogen-bond donors (Lipinski definition) is 1. The first-order valence-corrected chi connectivity index (χ1v) is 3.94. The van der Waals surface area contributed by atoms with Crippen LogP contribution in [0.3, 0.4) is 0 Å². The normalized spacial score (nSPS) is 10.7. The average molecular weight is 265 g/mol. The van der Waals surface area contributed by atoms with Crippen LogP contribution in [-0.4, -0.2) is 11.4 Å². The Morgan fingerprint density at radius 2 is 2.27 bits per heavy atom. The molecule has 0 saturated carbocycles. The Labute approximate surface area is 76.9 Å².